The fraction of sp³-hybridized carbons (Fsp3) is 1.00. The maximum Gasteiger partial charge on any atom is -0.0357 e. The SMILES string of the molecule is CCCCCCC1CCC1C1CCCC1. The van der Waals surface area contributed by atoms with Crippen molar-refractivity contribution in [3.63, 3.8) is 0 Å². The fourth-order valence-corrected chi connectivity index (χ4v) is 3.79. The van der Waals surface area contributed by atoms with Crippen LogP contribution in [0.3, 0.4) is 0 Å². The summed E-state index contributed by atoms with van der Waals surface area (Å²) >= 11 is 0. The van der Waals surface area contributed by atoms with E-state index >= 15 is 0 Å². The van der Waals surface area contributed by atoms with Crippen LogP contribution in [0.15, 0.2) is 0 Å². The molecule has 2 aliphatic carbocycles. The quantitative estimate of drug-likeness (QED) is 0.528. The Balaban J connectivity index is 1.61. The third-order valence-corrected chi connectivity index (χ3v) is 4.91. The molecule has 2 saturated carbocycles. The van der Waals surface area contributed by atoms with Crippen LogP contribution in [0.25, 0.3) is 0 Å². The van der Waals surface area contributed by atoms with Gasteiger partial charge in [-0.05, 0) is 30.6 Å². The van der Waals surface area contributed by atoms with Gasteiger partial charge in [-0.3, -0.25) is 0 Å². The summed E-state index contributed by atoms with van der Waals surface area (Å²) in [6.07, 6.45) is 16.7. The van der Waals surface area contributed by atoms with E-state index in [9.17, 15) is 0 Å². The topological polar surface area (TPSA) is 0 Å². The van der Waals surface area contributed by atoms with E-state index in [0.717, 1.165) is 17.8 Å². The number of unbranched alkanes of at least 4 members (excludes halogenated alkanes) is 3. The Morgan fingerprint density at radius 2 is 1.67 bits per heavy atom. The number of hydrogen-bond donors (Lipinski definition) is 0. The van der Waals surface area contributed by atoms with Crippen molar-refractivity contribution >= 4 is 0 Å². The average Bonchev–Trinajstić information content (AvgIpc) is 2.69. The Kier molecular flexibility index (Phi) is 4.53. The summed E-state index contributed by atoms with van der Waals surface area (Å²) in [5, 5.41) is 0. The second kappa shape index (κ2) is 5.92. The van der Waals surface area contributed by atoms with Gasteiger partial charge in [0.25, 0.3) is 0 Å². The van der Waals surface area contributed by atoms with Crippen molar-refractivity contribution < 1.29 is 0 Å². The maximum atomic E-state index is 2.31. The zero-order chi connectivity index (χ0) is 10.5. The molecule has 0 heterocycles. The van der Waals surface area contributed by atoms with E-state index in [1.807, 2.05) is 0 Å². The molecule has 2 unspecified atom stereocenters. The zero-order valence-electron chi connectivity index (χ0n) is 10.5. The van der Waals surface area contributed by atoms with E-state index < -0.39 is 0 Å². The lowest BCUT2D eigenvalue weighted by Gasteiger charge is -2.41. The summed E-state index contributed by atoms with van der Waals surface area (Å²) in [7, 11) is 0. The Bertz CT molecular complexity index is 167. The molecular formula is C15H28. The minimum absolute atomic E-state index is 1.14. The molecule has 0 bridgehead atoms. The van der Waals surface area contributed by atoms with E-state index in [0.29, 0.717) is 0 Å². The van der Waals surface area contributed by atoms with Gasteiger partial charge in [-0.1, -0.05) is 64.7 Å². The van der Waals surface area contributed by atoms with Crippen LogP contribution >= 0.6 is 0 Å². The molecule has 2 fully saturated rings. The summed E-state index contributed by atoms with van der Waals surface area (Å²) < 4.78 is 0. The normalized spacial score (nSPS) is 31.8. The van der Waals surface area contributed by atoms with Crippen LogP contribution in [0.4, 0.5) is 0 Å². The molecule has 0 N–H and O–H groups in total. The van der Waals surface area contributed by atoms with Crippen molar-refractivity contribution in [2.24, 2.45) is 17.8 Å². The van der Waals surface area contributed by atoms with Gasteiger partial charge in [-0.25, -0.2) is 0 Å². The molecule has 2 aliphatic rings. The standard InChI is InChI=1S/C15H28/c1-2-3-4-5-8-14-11-12-15(14)13-9-6-7-10-13/h13-15H,2-12H2,1H3. The number of rotatable bonds is 6. The molecular weight excluding hydrogens is 180 g/mol. The Morgan fingerprint density at radius 1 is 0.867 bits per heavy atom. The highest BCUT2D eigenvalue weighted by atomic mass is 14.4. The molecule has 88 valence electrons. The zero-order valence-corrected chi connectivity index (χ0v) is 10.5. The molecule has 2 rings (SSSR count). The summed E-state index contributed by atoms with van der Waals surface area (Å²) in [5.41, 5.74) is 0. The predicted molar refractivity (Wildman–Crippen MR) is 66.9 cm³/mol. The fourth-order valence-electron chi connectivity index (χ4n) is 3.79. The third-order valence-electron chi connectivity index (χ3n) is 4.91. The highest BCUT2D eigenvalue weighted by Gasteiger charge is 2.37. The first kappa shape index (κ1) is 11.5. The average molecular weight is 208 g/mol. The smallest absolute Gasteiger partial charge is 0.0357 e. The Hall–Kier alpha value is 0. The molecule has 0 spiro atoms. The first-order valence-electron chi connectivity index (χ1n) is 7.42. The minimum atomic E-state index is 1.14. The van der Waals surface area contributed by atoms with Crippen LogP contribution in [0.5, 0.6) is 0 Å². The van der Waals surface area contributed by atoms with Crippen LogP contribution in [0.2, 0.25) is 0 Å². The lowest BCUT2D eigenvalue weighted by molar-refractivity contribution is 0.0956. The highest BCUT2D eigenvalue weighted by Crippen LogP contribution is 2.47. The van der Waals surface area contributed by atoms with Crippen molar-refractivity contribution in [3.05, 3.63) is 0 Å². The van der Waals surface area contributed by atoms with Gasteiger partial charge < -0.3 is 0 Å². The molecule has 0 aromatic heterocycles. The molecule has 0 aliphatic heterocycles. The van der Waals surface area contributed by atoms with Crippen molar-refractivity contribution in [3.8, 4) is 0 Å². The van der Waals surface area contributed by atoms with Gasteiger partial charge in [0.15, 0.2) is 0 Å². The van der Waals surface area contributed by atoms with Gasteiger partial charge in [0.05, 0.1) is 0 Å². The van der Waals surface area contributed by atoms with Crippen LogP contribution in [-0.4, -0.2) is 0 Å². The van der Waals surface area contributed by atoms with Crippen LogP contribution in [0, 0.1) is 17.8 Å². The molecule has 15 heavy (non-hydrogen) atoms. The Labute approximate surface area is 95.8 Å². The second-order valence-electron chi connectivity index (χ2n) is 5.90. The van der Waals surface area contributed by atoms with Gasteiger partial charge in [0.1, 0.15) is 0 Å². The van der Waals surface area contributed by atoms with Crippen molar-refractivity contribution in [1.82, 2.24) is 0 Å². The molecule has 0 radical (unpaired) electrons. The van der Waals surface area contributed by atoms with E-state index in [1.54, 1.807) is 32.1 Å². The van der Waals surface area contributed by atoms with Crippen LogP contribution in [0.1, 0.15) is 77.6 Å². The predicted octanol–water partition coefficient (Wildman–Crippen LogP) is 5.17. The van der Waals surface area contributed by atoms with Crippen LogP contribution < -0.4 is 0 Å². The largest absolute Gasteiger partial charge is 0.0654 e. The molecule has 0 aromatic carbocycles. The summed E-state index contributed by atoms with van der Waals surface area (Å²) in [6.45, 7) is 2.31. The maximum absolute atomic E-state index is 2.31. The van der Waals surface area contributed by atoms with Gasteiger partial charge in [0.2, 0.25) is 0 Å². The lowest BCUT2D eigenvalue weighted by atomic mass is 9.65. The summed E-state index contributed by atoms with van der Waals surface area (Å²) in [5.74, 6) is 3.45. The monoisotopic (exact) mass is 208 g/mol. The first-order chi connectivity index (χ1) is 7.42. The second-order valence-corrected chi connectivity index (χ2v) is 5.90. The van der Waals surface area contributed by atoms with Gasteiger partial charge in [0, 0.05) is 0 Å². The van der Waals surface area contributed by atoms with Gasteiger partial charge >= 0.3 is 0 Å². The van der Waals surface area contributed by atoms with Gasteiger partial charge in [-0.15, -0.1) is 0 Å². The summed E-state index contributed by atoms with van der Waals surface area (Å²) in [6, 6.07) is 0. The van der Waals surface area contributed by atoms with E-state index in [1.165, 1.54) is 38.5 Å². The molecule has 0 aromatic rings. The molecule has 0 nitrogen and oxygen atoms in total. The van der Waals surface area contributed by atoms with E-state index in [-0.39, 0.29) is 0 Å². The molecule has 2 atom stereocenters. The number of hydrogen-bond acceptors (Lipinski definition) is 0. The molecule has 0 heteroatoms. The van der Waals surface area contributed by atoms with Gasteiger partial charge in [-0.2, -0.15) is 0 Å². The van der Waals surface area contributed by atoms with Crippen molar-refractivity contribution in [2.75, 3.05) is 0 Å². The van der Waals surface area contributed by atoms with E-state index in [4.69, 9.17) is 0 Å². The third kappa shape index (κ3) is 2.98. The minimum Gasteiger partial charge on any atom is -0.0654 e. The Morgan fingerprint density at radius 3 is 2.27 bits per heavy atom. The van der Waals surface area contributed by atoms with Crippen molar-refractivity contribution in [2.45, 2.75) is 77.6 Å². The molecule has 0 amide bonds. The van der Waals surface area contributed by atoms with Crippen molar-refractivity contribution in [1.29, 1.82) is 0 Å². The van der Waals surface area contributed by atoms with E-state index in [2.05, 4.69) is 6.92 Å². The summed E-state index contributed by atoms with van der Waals surface area (Å²) in [4.78, 5) is 0. The first-order valence-corrected chi connectivity index (χ1v) is 7.42. The highest BCUT2D eigenvalue weighted by molar-refractivity contribution is 4.87. The van der Waals surface area contributed by atoms with Crippen LogP contribution in [-0.2, 0) is 0 Å². The lowest BCUT2D eigenvalue weighted by Crippen LogP contribution is -2.31. The molecule has 0 saturated heterocycles.